The smallest absolute Gasteiger partial charge is 0.271 e. The van der Waals surface area contributed by atoms with E-state index >= 15 is 0 Å². The van der Waals surface area contributed by atoms with E-state index in [0.717, 1.165) is 12.8 Å². The summed E-state index contributed by atoms with van der Waals surface area (Å²) < 4.78 is 0. The van der Waals surface area contributed by atoms with Crippen LogP contribution in [-0.2, 0) is 5.91 Å². The second-order valence-electron chi connectivity index (χ2n) is 6.81. The van der Waals surface area contributed by atoms with E-state index in [4.69, 9.17) is 0 Å². The Labute approximate surface area is 137 Å². The fraction of sp³-hybridized carbons (Fsp3) is 0.647. The monoisotopic (exact) mass is 321 g/mol. The molecule has 1 fully saturated rings. The van der Waals surface area contributed by atoms with Crippen LogP contribution in [-0.4, -0.2) is 58.1 Å². The van der Waals surface area contributed by atoms with Crippen molar-refractivity contribution in [3.05, 3.63) is 29.6 Å². The molecule has 6 nitrogen and oxygen atoms in total. The van der Waals surface area contributed by atoms with E-state index in [-0.39, 0.29) is 17.3 Å². The summed E-state index contributed by atoms with van der Waals surface area (Å²) in [5, 5.41) is 21.1. The first kappa shape index (κ1) is 17.8. The minimum Gasteiger partial charge on any atom is -0.348 e. The topological polar surface area (TPSA) is 76.9 Å². The van der Waals surface area contributed by atoms with Gasteiger partial charge in [0.05, 0.1) is 0 Å². The van der Waals surface area contributed by atoms with Crippen LogP contribution in [0.3, 0.4) is 0 Å². The second-order valence-corrected chi connectivity index (χ2v) is 6.81. The molecular weight excluding hydrogens is 294 g/mol. The molecule has 1 aromatic heterocycles. The van der Waals surface area contributed by atoms with Gasteiger partial charge in [-0.2, -0.15) is 0 Å². The molecule has 2 heterocycles. The number of likely N-dealkylation sites (tertiary alicyclic amines) is 1. The number of amides is 1. The number of nitrogens with zero attached hydrogens (tertiary/aromatic N) is 3. The zero-order valence-electron chi connectivity index (χ0n) is 14.4. The quantitative estimate of drug-likeness (QED) is 0.816. The van der Waals surface area contributed by atoms with Crippen molar-refractivity contribution in [2.45, 2.75) is 32.6 Å². The van der Waals surface area contributed by atoms with Crippen LogP contribution in [0.4, 0.5) is 0 Å². The number of aromatic nitrogens is 1. The molecule has 0 atom stereocenters. The van der Waals surface area contributed by atoms with Crippen LogP contribution in [0.25, 0.3) is 0 Å². The summed E-state index contributed by atoms with van der Waals surface area (Å²) in [5.74, 6) is -1.20. The zero-order valence-corrected chi connectivity index (χ0v) is 14.4. The average molecular weight is 321 g/mol. The van der Waals surface area contributed by atoms with Gasteiger partial charge in [-0.15, -0.1) is 0 Å². The fourth-order valence-electron chi connectivity index (χ4n) is 3.01. The van der Waals surface area contributed by atoms with Gasteiger partial charge in [0.15, 0.2) is 0 Å². The van der Waals surface area contributed by atoms with Crippen LogP contribution in [0.1, 0.15) is 42.9 Å². The number of carbonyl (C=O) groups is 1. The number of hydrogen-bond acceptors (Lipinski definition) is 5. The molecule has 1 aliphatic rings. The molecule has 6 heteroatoms. The highest BCUT2D eigenvalue weighted by atomic mass is 16.5. The van der Waals surface area contributed by atoms with Crippen LogP contribution in [0.5, 0.6) is 0 Å². The van der Waals surface area contributed by atoms with Crippen LogP contribution in [0.15, 0.2) is 18.2 Å². The van der Waals surface area contributed by atoms with Crippen molar-refractivity contribution in [2.24, 2.45) is 11.8 Å². The van der Waals surface area contributed by atoms with Gasteiger partial charge in [-0.25, -0.2) is 9.88 Å². The SMILES string of the molecule is CC(C)C1CCN(C(O)(O)c2cccc(C(=O)N(C)C)n2)CC1. The van der Waals surface area contributed by atoms with Crippen molar-refractivity contribution in [1.82, 2.24) is 14.8 Å². The summed E-state index contributed by atoms with van der Waals surface area (Å²) in [5.41, 5.74) is 0.297. The highest BCUT2D eigenvalue weighted by molar-refractivity contribution is 5.91. The molecule has 23 heavy (non-hydrogen) atoms. The number of piperidine rings is 1. The van der Waals surface area contributed by atoms with Gasteiger partial charge in [0.2, 0.25) is 0 Å². The normalized spacial score (nSPS) is 17.5. The number of aliphatic hydroxyl groups is 2. The molecule has 2 rings (SSSR count). The fourth-order valence-corrected chi connectivity index (χ4v) is 3.01. The summed E-state index contributed by atoms with van der Waals surface area (Å²) in [6, 6.07) is 4.75. The maximum Gasteiger partial charge on any atom is 0.271 e. The van der Waals surface area contributed by atoms with E-state index in [1.165, 1.54) is 4.90 Å². The van der Waals surface area contributed by atoms with Gasteiger partial charge >= 0.3 is 0 Å². The lowest BCUT2D eigenvalue weighted by Gasteiger charge is -2.40. The summed E-state index contributed by atoms with van der Waals surface area (Å²) in [6.45, 7) is 5.60. The Morgan fingerprint density at radius 1 is 1.30 bits per heavy atom. The maximum absolute atomic E-state index is 12.0. The molecule has 0 bridgehead atoms. The molecule has 1 amide bonds. The maximum atomic E-state index is 12.0. The van der Waals surface area contributed by atoms with Crippen molar-refractivity contribution >= 4 is 5.91 Å². The van der Waals surface area contributed by atoms with E-state index in [2.05, 4.69) is 18.8 Å². The third-order valence-corrected chi connectivity index (χ3v) is 4.64. The van der Waals surface area contributed by atoms with E-state index in [1.807, 2.05) is 0 Å². The van der Waals surface area contributed by atoms with Gasteiger partial charge in [0, 0.05) is 27.2 Å². The van der Waals surface area contributed by atoms with Crippen molar-refractivity contribution < 1.29 is 15.0 Å². The standard InChI is InChI=1S/C17H27N3O3/c1-12(2)13-8-10-20(11-9-13)17(22,23)15-7-5-6-14(18-15)16(21)19(3)4/h5-7,12-13,22-23H,8-11H2,1-4H3. The molecule has 0 radical (unpaired) electrons. The van der Waals surface area contributed by atoms with Gasteiger partial charge in [-0.05, 0) is 36.8 Å². The number of carbonyl (C=O) groups excluding carboxylic acids is 1. The second kappa shape index (κ2) is 6.95. The summed E-state index contributed by atoms with van der Waals surface area (Å²) in [6.07, 6.45) is 1.85. The Kier molecular flexibility index (Phi) is 5.39. The predicted molar refractivity (Wildman–Crippen MR) is 87.5 cm³/mol. The molecule has 0 aromatic carbocycles. The van der Waals surface area contributed by atoms with Crippen LogP contribution in [0.2, 0.25) is 0 Å². The highest BCUT2D eigenvalue weighted by Crippen LogP contribution is 2.30. The minimum absolute atomic E-state index is 0.0909. The predicted octanol–water partition coefficient (Wildman–Crippen LogP) is 1.25. The average Bonchev–Trinajstić information content (AvgIpc) is 2.54. The largest absolute Gasteiger partial charge is 0.348 e. The Bertz CT molecular complexity index is 550. The zero-order chi connectivity index (χ0) is 17.2. The summed E-state index contributed by atoms with van der Waals surface area (Å²) >= 11 is 0. The van der Waals surface area contributed by atoms with E-state index < -0.39 is 5.91 Å². The first-order chi connectivity index (χ1) is 10.7. The highest BCUT2D eigenvalue weighted by Gasteiger charge is 2.38. The van der Waals surface area contributed by atoms with E-state index in [1.54, 1.807) is 37.2 Å². The van der Waals surface area contributed by atoms with Crippen molar-refractivity contribution in [3.8, 4) is 0 Å². The van der Waals surface area contributed by atoms with Crippen LogP contribution >= 0.6 is 0 Å². The Morgan fingerprint density at radius 2 is 1.91 bits per heavy atom. The lowest BCUT2D eigenvalue weighted by atomic mass is 9.86. The molecule has 0 spiro atoms. The lowest BCUT2D eigenvalue weighted by Crippen LogP contribution is -2.50. The molecule has 1 aromatic rings. The lowest BCUT2D eigenvalue weighted by molar-refractivity contribution is -0.283. The third kappa shape index (κ3) is 3.88. The molecule has 2 N–H and O–H groups in total. The number of rotatable bonds is 4. The summed E-state index contributed by atoms with van der Waals surface area (Å²) in [4.78, 5) is 19.2. The Morgan fingerprint density at radius 3 is 2.43 bits per heavy atom. The van der Waals surface area contributed by atoms with Crippen molar-refractivity contribution in [3.63, 3.8) is 0 Å². The third-order valence-electron chi connectivity index (χ3n) is 4.64. The van der Waals surface area contributed by atoms with E-state index in [0.29, 0.717) is 24.9 Å². The minimum atomic E-state index is -2.15. The Balaban J connectivity index is 2.17. The van der Waals surface area contributed by atoms with Gasteiger partial charge < -0.3 is 15.1 Å². The van der Waals surface area contributed by atoms with Crippen molar-refractivity contribution in [1.29, 1.82) is 0 Å². The van der Waals surface area contributed by atoms with Crippen LogP contribution < -0.4 is 0 Å². The van der Waals surface area contributed by atoms with Crippen LogP contribution in [0, 0.1) is 11.8 Å². The van der Waals surface area contributed by atoms with Crippen molar-refractivity contribution in [2.75, 3.05) is 27.2 Å². The molecule has 0 saturated carbocycles. The molecular formula is C17H27N3O3. The van der Waals surface area contributed by atoms with Gasteiger partial charge in [-0.3, -0.25) is 4.79 Å². The molecule has 128 valence electrons. The molecule has 0 aliphatic carbocycles. The first-order valence-electron chi connectivity index (χ1n) is 8.12. The number of pyridine rings is 1. The number of hydrogen-bond donors (Lipinski definition) is 2. The van der Waals surface area contributed by atoms with Gasteiger partial charge in [0.25, 0.3) is 11.8 Å². The molecule has 1 saturated heterocycles. The first-order valence-corrected chi connectivity index (χ1v) is 8.12. The molecule has 1 aliphatic heterocycles. The van der Waals surface area contributed by atoms with Gasteiger partial charge in [-0.1, -0.05) is 19.9 Å². The van der Waals surface area contributed by atoms with Gasteiger partial charge in [0.1, 0.15) is 11.4 Å². The molecule has 0 unspecified atom stereocenters. The summed E-state index contributed by atoms with van der Waals surface area (Å²) in [7, 11) is 3.27. The Hall–Kier alpha value is -1.50. The van der Waals surface area contributed by atoms with E-state index in [9.17, 15) is 15.0 Å².